The Morgan fingerprint density at radius 3 is 2.29 bits per heavy atom. The van der Waals surface area contributed by atoms with Crippen LogP contribution in [0.2, 0.25) is 0 Å². The molecule has 0 aliphatic carbocycles. The Kier molecular flexibility index (Phi) is 3.06. The fraction of sp³-hybridized carbons (Fsp3) is 0.250. The van der Waals surface area contributed by atoms with Crippen LogP contribution in [0.3, 0.4) is 0 Å². The molecule has 1 unspecified atom stereocenters. The van der Waals surface area contributed by atoms with Crippen LogP contribution in [0.25, 0.3) is 0 Å². The summed E-state index contributed by atoms with van der Waals surface area (Å²) < 4.78 is 36.3. The summed E-state index contributed by atoms with van der Waals surface area (Å²) in [6.07, 6.45) is -7.29. The summed E-state index contributed by atoms with van der Waals surface area (Å²) in [6.45, 7) is 0. The molecule has 2 N–H and O–H groups in total. The van der Waals surface area contributed by atoms with Crippen molar-refractivity contribution in [3.8, 4) is 5.75 Å². The zero-order valence-corrected chi connectivity index (χ0v) is 8.30. The zero-order valence-electron chi connectivity index (χ0n) is 6.72. The van der Waals surface area contributed by atoms with Crippen LogP contribution in [-0.2, 0) is 0 Å². The smallest absolute Gasteiger partial charge is 0.418 e. The average Bonchev–Trinajstić information content (AvgIpc) is 2.07. The average molecular weight is 271 g/mol. The second-order valence-corrected chi connectivity index (χ2v) is 3.51. The number of aliphatic hydroxyl groups is 1. The molecule has 14 heavy (non-hydrogen) atoms. The van der Waals surface area contributed by atoms with Crippen molar-refractivity contribution in [2.75, 3.05) is 0 Å². The maximum Gasteiger partial charge on any atom is 0.418 e. The van der Waals surface area contributed by atoms with E-state index in [1.165, 1.54) is 6.07 Å². The maximum atomic E-state index is 12.0. The van der Waals surface area contributed by atoms with Gasteiger partial charge in [0.05, 0.1) is 4.47 Å². The molecule has 78 valence electrons. The number of rotatable bonds is 1. The Hall–Kier alpha value is -0.750. The van der Waals surface area contributed by atoms with E-state index in [1.807, 2.05) is 0 Å². The summed E-state index contributed by atoms with van der Waals surface area (Å²) in [5, 5.41) is 17.9. The highest BCUT2D eigenvalue weighted by Gasteiger charge is 2.39. The second kappa shape index (κ2) is 3.78. The molecule has 1 rings (SSSR count). The first-order chi connectivity index (χ1) is 6.32. The number of halogens is 4. The number of alkyl halides is 3. The number of aliphatic hydroxyl groups excluding tert-OH is 1. The zero-order chi connectivity index (χ0) is 10.9. The summed E-state index contributed by atoms with van der Waals surface area (Å²) in [6, 6.07) is 3.18. The molecule has 0 spiro atoms. The standard InChI is InChI=1S/C8H6BrF3O2/c9-5-2-1-4(3-6(5)13)7(14)8(10,11)12/h1-3,7,13-14H. The van der Waals surface area contributed by atoms with Crippen molar-refractivity contribution in [3.63, 3.8) is 0 Å². The van der Waals surface area contributed by atoms with Gasteiger partial charge in [0, 0.05) is 0 Å². The molecule has 6 heteroatoms. The number of phenolic OH excluding ortho intramolecular Hbond substituents is 1. The highest BCUT2D eigenvalue weighted by Crippen LogP contribution is 2.35. The molecule has 0 saturated heterocycles. The van der Waals surface area contributed by atoms with E-state index in [4.69, 9.17) is 10.2 Å². The van der Waals surface area contributed by atoms with E-state index in [0.717, 1.165) is 12.1 Å². The normalized spacial score (nSPS) is 14.1. The molecule has 0 bridgehead atoms. The van der Waals surface area contributed by atoms with Gasteiger partial charge in [0.25, 0.3) is 0 Å². The van der Waals surface area contributed by atoms with E-state index in [2.05, 4.69) is 15.9 Å². The quantitative estimate of drug-likeness (QED) is 0.824. The van der Waals surface area contributed by atoms with Crippen molar-refractivity contribution >= 4 is 15.9 Å². The molecule has 1 atom stereocenters. The van der Waals surface area contributed by atoms with Gasteiger partial charge in [-0.1, -0.05) is 6.07 Å². The minimum Gasteiger partial charge on any atom is -0.507 e. The monoisotopic (exact) mass is 270 g/mol. The lowest BCUT2D eigenvalue weighted by molar-refractivity contribution is -0.206. The van der Waals surface area contributed by atoms with E-state index in [-0.39, 0.29) is 10.2 Å². The van der Waals surface area contributed by atoms with E-state index in [1.54, 1.807) is 0 Å². The van der Waals surface area contributed by atoms with Crippen molar-refractivity contribution < 1.29 is 23.4 Å². The Balaban J connectivity index is 3.03. The van der Waals surface area contributed by atoms with E-state index in [0.29, 0.717) is 0 Å². The Labute approximate surface area is 86.1 Å². The van der Waals surface area contributed by atoms with E-state index >= 15 is 0 Å². The van der Waals surface area contributed by atoms with Gasteiger partial charge in [-0.05, 0) is 33.6 Å². The summed E-state index contributed by atoms with van der Waals surface area (Å²) in [5.41, 5.74) is -0.391. The summed E-state index contributed by atoms with van der Waals surface area (Å²) in [7, 11) is 0. The fourth-order valence-electron chi connectivity index (χ4n) is 0.889. The van der Waals surface area contributed by atoms with Crippen LogP contribution >= 0.6 is 15.9 Å². The molecule has 1 aromatic rings. The maximum absolute atomic E-state index is 12.0. The number of hydrogen-bond acceptors (Lipinski definition) is 2. The third kappa shape index (κ3) is 2.39. The predicted molar refractivity (Wildman–Crippen MR) is 46.8 cm³/mol. The van der Waals surface area contributed by atoms with Crippen molar-refractivity contribution in [1.82, 2.24) is 0 Å². The van der Waals surface area contributed by atoms with Gasteiger partial charge < -0.3 is 10.2 Å². The SMILES string of the molecule is Oc1cc(C(O)C(F)(F)F)ccc1Br. The van der Waals surface area contributed by atoms with Gasteiger partial charge in [0.2, 0.25) is 0 Å². The van der Waals surface area contributed by atoms with Crippen LogP contribution in [0.15, 0.2) is 22.7 Å². The first-order valence-electron chi connectivity index (χ1n) is 3.55. The highest BCUT2D eigenvalue weighted by molar-refractivity contribution is 9.10. The minimum absolute atomic E-state index is 0.274. The van der Waals surface area contributed by atoms with Gasteiger partial charge in [0.15, 0.2) is 6.10 Å². The summed E-state index contributed by atoms with van der Waals surface area (Å²) in [4.78, 5) is 0. The van der Waals surface area contributed by atoms with Crippen molar-refractivity contribution in [1.29, 1.82) is 0 Å². The Bertz CT molecular complexity index is 338. The van der Waals surface area contributed by atoms with Crippen LogP contribution in [0.5, 0.6) is 5.75 Å². The summed E-state index contributed by atoms with van der Waals surface area (Å²) in [5.74, 6) is -0.342. The number of hydrogen-bond donors (Lipinski definition) is 2. The molecular weight excluding hydrogens is 265 g/mol. The first-order valence-corrected chi connectivity index (χ1v) is 4.35. The molecule has 2 nitrogen and oxygen atoms in total. The van der Waals surface area contributed by atoms with Gasteiger partial charge in [-0.2, -0.15) is 13.2 Å². The first kappa shape index (κ1) is 11.3. The molecule has 0 aliphatic rings. The molecule has 0 aromatic heterocycles. The molecule has 0 saturated carbocycles. The van der Waals surface area contributed by atoms with E-state index in [9.17, 15) is 13.2 Å². The summed E-state index contributed by atoms with van der Waals surface area (Å²) >= 11 is 2.92. The van der Waals surface area contributed by atoms with Gasteiger partial charge in [-0.15, -0.1) is 0 Å². The van der Waals surface area contributed by atoms with Crippen molar-refractivity contribution in [2.24, 2.45) is 0 Å². The van der Waals surface area contributed by atoms with Crippen LogP contribution < -0.4 is 0 Å². The predicted octanol–water partition coefficient (Wildman–Crippen LogP) is 2.75. The van der Waals surface area contributed by atoms with E-state index < -0.39 is 17.8 Å². The third-order valence-electron chi connectivity index (χ3n) is 1.60. The second-order valence-electron chi connectivity index (χ2n) is 2.65. The van der Waals surface area contributed by atoms with Gasteiger partial charge in [-0.25, -0.2) is 0 Å². The molecule has 0 radical (unpaired) electrons. The molecule has 1 aromatic carbocycles. The lowest BCUT2D eigenvalue weighted by Gasteiger charge is -2.14. The van der Waals surface area contributed by atoms with Crippen LogP contribution in [0.1, 0.15) is 11.7 Å². The molecule has 0 fully saturated rings. The topological polar surface area (TPSA) is 40.5 Å². The van der Waals surface area contributed by atoms with Gasteiger partial charge in [-0.3, -0.25) is 0 Å². The number of aromatic hydroxyl groups is 1. The van der Waals surface area contributed by atoms with Gasteiger partial charge >= 0.3 is 6.18 Å². The fourth-order valence-corrected chi connectivity index (χ4v) is 1.14. The Morgan fingerprint density at radius 2 is 1.86 bits per heavy atom. The third-order valence-corrected chi connectivity index (χ3v) is 2.27. The lowest BCUT2D eigenvalue weighted by Crippen LogP contribution is -2.19. The van der Waals surface area contributed by atoms with Crippen LogP contribution in [0.4, 0.5) is 13.2 Å². The minimum atomic E-state index is -4.72. The number of phenols is 1. The van der Waals surface area contributed by atoms with Crippen molar-refractivity contribution in [2.45, 2.75) is 12.3 Å². The van der Waals surface area contributed by atoms with Crippen molar-refractivity contribution in [3.05, 3.63) is 28.2 Å². The largest absolute Gasteiger partial charge is 0.507 e. The van der Waals surface area contributed by atoms with Crippen LogP contribution in [-0.4, -0.2) is 16.4 Å². The molecule has 0 heterocycles. The molecule has 0 amide bonds. The Morgan fingerprint density at radius 1 is 1.29 bits per heavy atom. The van der Waals surface area contributed by atoms with Crippen LogP contribution in [0, 0.1) is 0 Å². The number of benzene rings is 1. The highest BCUT2D eigenvalue weighted by atomic mass is 79.9. The van der Waals surface area contributed by atoms with Gasteiger partial charge in [0.1, 0.15) is 5.75 Å². The molecule has 0 aliphatic heterocycles. The molecular formula is C8H6BrF3O2. The lowest BCUT2D eigenvalue weighted by atomic mass is 10.1.